The van der Waals surface area contributed by atoms with Gasteiger partial charge in [-0.2, -0.15) is 0 Å². The van der Waals surface area contributed by atoms with Crippen molar-refractivity contribution in [3.63, 3.8) is 0 Å². The van der Waals surface area contributed by atoms with Crippen molar-refractivity contribution < 1.29 is 14.3 Å². The molecule has 2 aliphatic heterocycles. The highest BCUT2D eigenvalue weighted by atomic mass is 16.5. The number of aromatic nitrogens is 1. The lowest BCUT2D eigenvalue weighted by Crippen LogP contribution is -2.52. The van der Waals surface area contributed by atoms with Gasteiger partial charge >= 0.3 is 0 Å². The average molecular weight is 317 g/mol. The Bertz CT molecular complexity index is 568. The van der Waals surface area contributed by atoms with E-state index in [1.54, 1.807) is 19.5 Å². The summed E-state index contributed by atoms with van der Waals surface area (Å²) in [6, 6.07) is 3.82. The van der Waals surface area contributed by atoms with Crippen LogP contribution in [0.2, 0.25) is 0 Å². The molecule has 0 unspecified atom stereocenters. The van der Waals surface area contributed by atoms with Gasteiger partial charge in [-0.15, -0.1) is 0 Å². The molecule has 2 aliphatic rings. The Labute approximate surface area is 136 Å². The van der Waals surface area contributed by atoms with Gasteiger partial charge in [-0.05, 0) is 37.0 Å². The average Bonchev–Trinajstić information content (AvgIpc) is 2.90. The van der Waals surface area contributed by atoms with Crippen LogP contribution < -0.4 is 5.32 Å². The van der Waals surface area contributed by atoms with Crippen molar-refractivity contribution in [1.29, 1.82) is 0 Å². The highest BCUT2D eigenvalue weighted by molar-refractivity contribution is 5.87. The Hall–Kier alpha value is -1.95. The fourth-order valence-corrected chi connectivity index (χ4v) is 3.61. The summed E-state index contributed by atoms with van der Waals surface area (Å²) in [5, 5.41) is 3.20. The third-order valence-corrected chi connectivity index (χ3v) is 5.00. The number of piperidine rings is 1. The minimum Gasteiger partial charge on any atom is -0.384 e. The third-order valence-electron chi connectivity index (χ3n) is 5.00. The number of ether oxygens (including phenoxy) is 1. The number of rotatable bonds is 4. The van der Waals surface area contributed by atoms with Crippen LogP contribution in [0.25, 0.3) is 0 Å². The monoisotopic (exact) mass is 317 g/mol. The Morgan fingerprint density at radius 1 is 1.39 bits per heavy atom. The number of methoxy groups -OCH3 is 1. The summed E-state index contributed by atoms with van der Waals surface area (Å²) in [6.07, 6.45) is 6.32. The Kier molecular flexibility index (Phi) is 4.61. The molecule has 2 amide bonds. The minimum atomic E-state index is -0.164. The van der Waals surface area contributed by atoms with Crippen molar-refractivity contribution in [2.75, 3.05) is 26.8 Å². The van der Waals surface area contributed by atoms with Gasteiger partial charge < -0.3 is 15.0 Å². The van der Waals surface area contributed by atoms with Crippen LogP contribution in [-0.4, -0.2) is 54.0 Å². The molecule has 3 rings (SSSR count). The molecule has 0 aromatic carbocycles. The fraction of sp³-hybridized carbons (Fsp3) is 0.588. The normalized spacial score (nSPS) is 23.1. The molecule has 0 radical (unpaired) electrons. The van der Waals surface area contributed by atoms with Gasteiger partial charge in [0, 0.05) is 38.1 Å². The van der Waals surface area contributed by atoms with Gasteiger partial charge in [0.1, 0.15) is 0 Å². The lowest BCUT2D eigenvalue weighted by atomic mass is 9.82. The number of amides is 2. The van der Waals surface area contributed by atoms with Crippen molar-refractivity contribution in [3.8, 4) is 0 Å². The van der Waals surface area contributed by atoms with E-state index in [0.717, 1.165) is 24.8 Å². The molecule has 0 bridgehead atoms. The summed E-state index contributed by atoms with van der Waals surface area (Å²) in [7, 11) is 1.60. The van der Waals surface area contributed by atoms with Crippen LogP contribution in [0.1, 0.15) is 37.2 Å². The van der Waals surface area contributed by atoms with E-state index in [4.69, 9.17) is 4.74 Å². The summed E-state index contributed by atoms with van der Waals surface area (Å²) in [4.78, 5) is 30.3. The van der Waals surface area contributed by atoms with Crippen molar-refractivity contribution in [1.82, 2.24) is 15.2 Å². The maximum Gasteiger partial charge on any atom is 0.228 e. The molecule has 0 aliphatic carbocycles. The van der Waals surface area contributed by atoms with E-state index in [0.29, 0.717) is 26.1 Å². The molecule has 0 saturated carbocycles. The van der Waals surface area contributed by atoms with E-state index in [-0.39, 0.29) is 23.3 Å². The Morgan fingerprint density at radius 2 is 2.09 bits per heavy atom. The van der Waals surface area contributed by atoms with Crippen LogP contribution in [0.5, 0.6) is 0 Å². The van der Waals surface area contributed by atoms with Gasteiger partial charge in [-0.25, -0.2) is 0 Å². The number of nitrogens with zero attached hydrogens (tertiary/aromatic N) is 2. The van der Waals surface area contributed by atoms with Crippen LogP contribution in [0, 0.1) is 0 Å². The highest BCUT2D eigenvalue weighted by Crippen LogP contribution is 2.39. The second-order valence-electron chi connectivity index (χ2n) is 6.43. The Balaban J connectivity index is 1.61. The van der Waals surface area contributed by atoms with Crippen molar-refractivity contribution in [2.45, 2.75) is 37.1 Å². The van der Waals surface area contributed by atoms with Crippen molar-refractivity contribution in [3.05, 3.63) is 30.1 Å². The first-order valence-corrected chi connectivity index (χ1v) is 8.12. The predicted octanol–water partition coefficient (Wildman–Crippen LogP) is 1.08. The Morgan fingerprint density at radius 3 is 2.74 bits per heavy atom. The van der Waals surface area contributed by atoms with E-state index in [1.165, 1.54) is 0 Å². The summed E-state index contributed by atoms with van der Waals surface area (Å²) in [6.45, 7) is 1.86. The number of likely N-dealkylation sites (tertiary alicyclic amines) is 1. The molecule has 3 heterocycles. The van der Waals surface area contributed by atoms with Crippen LogP contribution in [0.15, 0.2) is 24.5 Å². The second-order valence-corrected chi connectivity index (χ2v) is 6.43. The topological polar surface area (TPSA) is 71.5 Å². The molecule has 1 aromatic heterocycles. The number of carbonyl (C=O) groups excluding carboxylic acids is 2. The van der Waals surface area contributed by atoms with Crippen molar-refractivity contribution >= 4 is 11.8 Å². The minimum absolute atomic E-state index is 0.0929. The molecule has 6 heteroatoms. The SMILES string of the molecule is COCCC(=O)N1CCC2(CC1)C[C@@H](c1ccncc1)C(=O)N2. The maximum atomic E-state index is 12.4. The summed E-state index contributed by atoms with van der Waals surface area (Å²) in [5.74, 6) is 0.126. The largest absolute Gasteiger partial charge is 0.384 e. The van der Waals surface area contributed by atoms with Gasteiger partial charge in [-0.1, -0.05) is 0 Å². The molecule has 1 atom stereocenters. The summed E-state index contributed by atoms with van der Waals surface area (Å²) >= 11 is 0. The van der Waals surface area contributed by atoms with E-state index in [2.05, 4.69) is 10.3 Å². The number of pyridine rings is 1. The van der Waals surface area contributed by atoms with Gasteiger partial charge in [0.05, 0.1) is 18.9 Å². The first-order valence-electron chi connectivity index (χ1n) is 8.12. The zero-order valence-corrected chi connectivity index (χ0v) is 13.5. The standard InChI is InChI=1S/C17H23N3O3/c1-23-11-4-15(21)20-9-5-17(6-10-20)12-14(16(22)19-17)13-2-7-18-8-3-13/h2-3,7-8,14H,4-6,9-12H2,1H3,(H,19,22)/t14-/m0/s1. The number of nitrogens with one attached hydrogen (secondary N) is 1. The molecule has 6 nitrogen and oxygen atoms in total. The van der Waals surface area contributed by atoms with Crippen LogP contribution >= 0.6 is 0 Å². The van der Waals surface area contributed by atoms with Gasteiger partial charge in [0.15, 0.2) is 0 Å². The molecule has 1 aromatic rings. The quantitative estimate of drug-likeness (QED) is 0.902. The van der Waals surface area contributed by atoms with E-state index in [1.807, 2.05) is 17.0 Å². The molecule has 23 heavy (non-hydrogen) atoms. The van der Waals surface area contributed by atoms with Crippen LogP contribution in [0.3, 0.4) is 0 Å². The molecule has 1 N–H and O–H groups in total. The van der Waals surface area contributed by atoms with Crippen LogP contribution in [-0.2, 0) is 14.3 Å². The van der Waals surface area contributed by atoms with Gasteiger partial charge in [-0.3, -0.25) is 14.6 Å². The number of carbonyl (C=O) groups is 2. The summed E-state index contributed by atoms with van der Waals surface area (Å²) < 4.78 is 4.96. The zero-order chi connectivity index (χ0) is 16.3. The van der Waals surface area contributed by atoms with E-state index >= 15 is 0 Å². The molecular weight excluding hydrogens is 294 g/mol. The van der Waals surface area contributed by atoms with Crippen molar-refractivity contribution in [2.24, 2.45) is 0 Å². The van der Waals surface area contributed by atoms with Gasteiger partial charge in [0.25, 0.3) is 0 Å². The number of hydrogen-bond donors (Lipinski definition) is 1. The maximum absolute atomic E-state index is 12.4. The smallest absolute Gasteiger partial charge is 0.228 e. The first-order chi connectivity index (χ1) is 11.1. The zero-order valence-electron chi connectivity index (χ0n) is 13.5. The number of hydrogen-bond acceptors (Lipinski definition) is 4. The lowest BCUT2D eigenvalue weighted by molar-refractivity contribution is -0.133. The van der Waals surface area contributed by atoms with Gasteiger partial charge in [0.2, 0.25) is 11.8 Å². The van der Waals surface area contributed by atoms with E-state index < -0.39 is 0 Å². The summed E-state index contributed by atoms with van der Waals surface area (Å²) in [5.41, 5.74) is 0.858. The molecule has 124 valence electrons. The first kappa shape index (κ1) is 15.9. The second kappa shape index (κ2) is 6.66. The third kappa shape index (κ3) is 3.37. The molecule has 1 spiro atoms. The van der Waals surface area contributed by atoms with E-state index in [9.17, 15) is 9.59 Å². The molecule has 2 saturated heterocycles. The highest BCUT2D eigenvalue weighted by Gasteiger charge is 2.46. The lowest BCUT2D eigenvalue weighted by Gasteiger charge is -2.39. The predicted molar refractivity (Wildman–Crippen MR) is 84.8 cm³/mol. The fourth-order valence-electron chi connectivity index (χ4n) is 3.61. The molecule has 2 fully saturated rings. The van der Waals surface area contributed by atoms with Crippen LogP contribution in [0.4, 0.5) is 0 Å². The molecular formula is C17H23N3O3.